The number of carbonyl (C=O) groups is 1. The summed E-state index contributed by atoms with van der Waals surface area (Å²) in [6.45, 7) is 4.68. The molecule has 0 saturated carbocycles. The molecular weight excluding hydrogens is 371 g/mol. The summed E-state index contributed by atoms with van der Waals surface area (Å²) in [5, 5.41) is 4.29. The summed E-state index contributed by atoms with van der Waals surface area (Å²) in [6.07, 6.45) is 6.70. The maximum atomic E-state index is 13.3. The molecule has 0 unspecified atom stereocenters. The van der Waals surface area contributed by atoms with E-state index < -0.39 is 0 Å². The highest BCUT2D eigenvalue weighted by Crippen LogP contribution is 2.32. The molecule has 1 saturated heterocycles. The smallest absolute Gasteiger partial charge is 0.272 e. The summed E-state index contributed by atoms with van der Waals surface area (Å²) in [4.78, 5) is 19.6. The number of benzene rings is 1. The Morgan fingerprint density at radius 2 is 2.03 bits per heavy atom. The summed E-state index contributed by atoms with van der Waals surface area (Å²) in [6, 6.07) is 8.04. The summed E-state index contributed by atoms with van der Waals surface area (Å²) in [5.41, 5.74) is 1.54. The average Bonchev–Trinajstić information content (AvgIpc) is 3.39. The van der Waals surface area contributed by atoms with E-state index in [0.29, 0.717) is 30.3 Å². The molecule has 1 fully saturated rings. The van der Waals surface area contributed by atoms with Crippen molar-refractivity contribution in [2.24, 2.45) is 0 Å². The van der Waals surface area contributed by atoms with Crippen LogP contribution in [-0.4, -0.2) is 32.1 Å². The molecule has 2 aromatic heterocycles. The first kappa shape index (κ1) is 19.4. The zero-order valence-corrected chi connectivity index (χ0v) is 16.7. The fourth-order valence-corrected chi connectivity index (χ4v) is 3.84. The largest absolute Gasteiger partial charge is 0.443 e. The SMILES string of the molecule is CC(C)n1nccc1C(=O)N1CCCC[C@H]1c1ncc(Cc2ccc(F)cc2)o1. The van der Waals surface area contributed by atoms with Crippen LogP contribution in [0.25, 0.3) is 0 Å². The standard InChI is InChI=1S/C22H25FN4O2/c1-15(2)27-20(10-11-25-27)22(28)26-12-4-3-5-19(26)21-24-14-18(29-21)13-16-6-8-17(23)9-7-16/h6-11,14-15,19H,3-5,12-13H2,1-2H3/t19-/m0/s1. The van der Waals surface area contributed by atoms with Gasteiger partial charge in [0.15, 0.2) is 0 Å². The van der Waals surface area contributed by atoms with Crippen LogP contribution in [0.4, 0.5) is 4.39 Å². The molecule has 4 rings (SSSR count). The monoisotopic (exact) mass is 396 g/mol. The van der Waals surface area contributed by atoms with Gasteiger partial charge in [-0.05, 0) is 56.9 Å². The van der Waals surface area contributed by atoms with Gasteiger partial charge in [-0.2, -0.15) is 5.10 Å². The number of nitrogens with zero attached hydrogens (tertiary/aromatic N) is 4. The number of rotatable bonds is 5. The number of likely N-dealkylation sites (tertiary alicyclic amines) is 1. The lowest BCUT2D eigenvalue weighted by Crippen LogP contribution is -2.39. The lowest BCUT2D eigenvalue weighted by molar-refractivity contribution is 0.0555. The molecule has 152 valence electrons. The van der Waals surface area contributed by atoms with Crippen molar-refractivity contribution in [3.05, 3.63) is 71.5 Å². The molecule has 1 amide bonds. The molecule has 1 aliphatic rings. The minimum Gasteiger partial charge on any atom is -0.443 e. The highest BCUT2D eigenvalue weighted by Gasteiger charge is 2.33. The van der Waals surface area contributed by atoms with Crippen LogP contribution in [0.1, 0.15) is 72.9 Å². The van der Waals surface area contributed by atoms with E-state index >= 15 is 0 Å². The minimum absolute atomic E-state index is 0.0424. The number of amides is 1. The summed E-state index contributed by atoms with van der Waals surface area (Å²) >= 11 is 0. The number of piperidine rings is 1. The van der Waals surface area contributed by atoms with E-state index in [9.17, 15) is 9.18 Å². The molecule has 3 heterocycles. The van der Waals surface area contributed by atoms with E-state index in [1.165, 1.54) is 12.1 Å². The molecule has 0 spiro atoms. The average molecular weight is 396 g/mol. The van der Waals surface area contributed by atoms with Crippen LogP contribution in [0, 0.1) is 5.82 Å². The molecular formula is C22H25FN4O2. The summed E-state index contributed by atoms with van der Waals surface area (Å²) in [5.74, 6) is 0.964. The topological polar surface area (TPSA) is 64.2 Å². The Bertz CT molecular complexity index is 977. The van der Waals surface area contributed by atoms with E-state index in [2.05, 4.69) is 10.1 Å². The van der Waals surface area contributed by atoms with Crippen LogP contribution >= 0.6 is 0 Å². The highest BCUT2D eigenvalue weighted by atomic mass is 19.1. The van der Waals surface area contributed by atoms with Crippen molar-refractivity contribution in [2.45, 2.75) is 51.6 Å². The van der Waals surface area contributed by atoms with E-state index in [0.717, 1.165) is 24.8 Å². The van der Waals surface area contributed by atoms with E-state index in [-0.39, 0.29) is 23.8 Å². The molecule has 1 aliphatic heterocycles. The lowest BCUT2D eigenvalue weighted by atomic mass is 10.0. The van der Waals surface area contributed by atoms with Crippen LogP contribution < -0.4 is 0 Å². The Morgan fingerprint density at radius 1 is 1.24 bits per heavy atom. The molecule has 1 atom stereocenters. The van der Waals surface area contributed by atoms with Crippen molar-refractivity contribution in [3.63, 3.8) is 0 Å². The lowest BCUT2D eigenvalue weighted by Gasteiger charge is -2.34. The Morgan fingerprint density at radius 3 is 2.79 bits per heavy atom. The second-order valence-electron chi connectivity index (χ2n) is 7.73. The quantitative estimate of drug-likeness (QED) is 0.635. The van der Waals surface area contributed by atoms with E-state index in [1.54, 1.807) is 35.3 Å². The zero-order chi connectivity index (χ0) is 20.4. The second-order valence-corrected chi connectivity index (χ2v) is 7.73. The Balaban J connectivity index is 1.55. The molecule has 0 radical (unpaired) electrons. The predicted molar refractivity (Wildman–Crippen MR) is 106 cm³/mol. The van der Waals surface area contributed by atoms with Gasteiger partial charge in [0, 0.05) is 25.2 Å². The van der Waals surface area contributed by atoms with E-state index in [4.69, 9.17) is 4.42 Å². The first-order valence-electron chi connectivity index (χ1n) is 10.1. The predicted octanol–water partition coefficient (Wildman–Crippen LogP) is 4.55. The van der Waals surface area contributed by atoms with Crippen LogP contribution in [0.2, 0.25) is 0 Å². The van der Waals surface area contributed by atoms with Crippen LogP contribution in [0.15, 0.2) is 47.1 Å². The van der Waals surface area contributed by atoms with Crippen LogP contribution in [0.3, 0.4) is 0 Å². The third-order valence-electron chi connectivity index (χ3n) is 5.29. The van der Waals surface area contributed by atoms with Gasteiger partial charge >= 0.3 is 0 Å². The molecule has 7 heteroatoms. The van der Waals surface area contributed by atoms with Crippen molar-refractivity contribution in [2.75, 3.05) is 6.54 Å². The molecule has 3 aromatic rings. The van der Waals surface area contributed by atoms with Gasteiger partial charge in [0.1, 0.15) is 23.3 Å². The Kier molecular flexibility index (Phi) is 5.47. The van der Waals surface area contributed by atoms with Crippen molar-refractivity contribution in [1.82, 2.24) is 19.7 Å². The van der Waals surface area contributed by atoms with Crippen molar-refractivity contribution < 1.29 is 13.6 Å². The summed E-state index contributed by atoms with van der Waals surface area (Å²) < 4.78 is 20.9. The molecule has 6 nitrogen and oxygen atoms in total. The number of oxazole rings is 1. The van der Waals surface area contributed by atoms with Gasteiger partial charge in [-0.15, -0.1) is 0 Å². The third kappa shape index (κ3) is 4.09. The van der Waals surface area contributed by atoms with Crippen LogP contribution in [-0.2, 0) is 6.42 Å². The number of aromatic nitrogens is 3. The minimum atomic E-state index is -0.260. The van der Waals surface area contributed by atoms with Crippen molar-refractivity contribution >= 4 is 5.91 Å². The van der Waals surface area contributed by atoms with Crippen molar-refractivity contribution in [1.29, 1.82) is 0 Å². The first-order chi connectivity index (χ1) is 14.0. The molecule has 29 heavy (non-hydrogen) atoms. The van der Waals surface area contributed by atoms with Crippen LogP contribution in [0.5, 0.6) is 0 Å². The molecule has 0 N–H and O–H groups in total. The normalized spacial score (nSPS) is 17.1. The van der Waals surface area contributed by atoms with Gasteiger partial charge in [-0.3, -0.25) is 9.48 Å². The highest BCUT2D eigenvalue weighted by molar-refractivity contribution is 5.92. The van der Waals surface area contributed by atoms with Gasteiger partial charge in [0.25, 0.3) is 5.91 Å². The Hall–Kier alpha value is -2.96. The summed E-state index contributed by atoms with van der Waals surface area (Å²) in [7, 11) is 0. The van der Waals surface area contributed by atoms with Gasteiger partial charge in [0.2, 0.25) is 5.89 Å². The van der Waals surface area contributed by atoms with E-state index in [1.807, 2.05) is 18.7 Å². The fourth-order valence-electron chi connectivity index (χ4n) is 3.84. The number of hydrogen-bond acceptors (Lipinski definition) is 4. The number of carbonyl (C=O) groups excluding carboxylic acids is 1. The van der Waals surface area contributed by atoms with Gasteiger partial charge in [-0.25, -0.2) is 9.37 Å². The number of halogens is 1. The van der Waals surface area contributed by atoms with Gasteiger partial charge in [-0.1, -0.05) is 12.1 Å². The maximum absolute atomic E-state index is 13.3. The molecule has 1 aromatic carbocycles. The van der Waals surface area contributed by atoms with Crippen molar-refractivity contribution in [3.8, 4) is 0 Å². The van der Waals surface area contributed by atoms with Gasteiger partial charge < -0.3 is 9.32 Å². The maximum Gasteiger partial charge on any atom is 0.272 e. The third-order valence-corrected chi connectivity index (χ3v) is 5.29. The second kappa shape index (κ2) is 8.19. The van der Waals surface area contributed by atoms with Gasteiger partial charge in [0.05, 0.1) is 6.20 Å². The molecule has 0 aliphatic carbocycles. The zero-order valence-electron chi connectivity index (χ0n) is 16.7. The fraction of sp³-hybridized carbons (Fsp3) is 0.409. The number of hydrogen-bond donors (Lipinski definition) is 0. The molecule has 0 bridgehead atoms. The first-order valence-corrected chi connectivity index (χ1v) is 10.1. The Labute approximate surface area is 169 Å².